The zero-order chi connectivity index (χ0) is 21.1. The number of aliphatic imine (C=N–C) groups is 1. The molecular formula is C19H13Br2ClN2O5. The van der Waals surface area contributed by atoms with Crippen LogP contribution in [0.5, 0.6) is 5.75 Å². The Bertz CT molecular complexity index is 1050. The number of hydrogen-bond acceptors (Lipinski definition) is 6. The minimum atomic E-state index is -0.656. The summed E-state index contributed by atoms with van der Waals surface area (Å²) in [6.45, 7) is 2.59. The Morgan fingerprint density at radius 3 is 2.59 bits per heavy atom. The van der Waals surface area contributed by atoms with Crippen molar-refractivity contribution >= 4 is 67.1 Å². The smallest absolute Gasteiger partial charge is 0.363 e. The van der Waals surface area contributed by atoms with Crippen molar-refractivity contribution in [2.45, 2.75) is 13.3 Å². The Balaban J connectivity index is 1.93. The molecule has 1 aliphatic heterocycles. The van der Waals surface area contributed by atoms with Crippen LogP contribution in [0.25, 0.3) is 6.08 Å². The molecule has 0 spiro atoms. The van der Waals surface area contributed by atoms with Gasteiger partial charge in [-0.15, -0.1) is 0 Å². The molecule has 150 valence electrons. The molecule has 0 amide bonds. The Labute approximate surface area is 187 Å². The number of halogens is 3. The molecular weight excluding hydrogens is 531 g/mol. The molecule has 0 fully saturated rings. The fourth-order valence-corrected chi connectivity index (χ4v) is 4.12. The van der Waals surface area contributed by atoms with E-state index < -0.39 is 10.9 Å². The van der Waals surface area contributed by atoms with Crippen molar-refractivity contribution in [3.63, 3.8) is 0 Å². The van der Waals surface area contributed by atoms with Gasteiger partial charge in [0.15, 0.2) is 5.70 Å². The fourth-order valence-electron chi connectivity index (χ4n) is 2.48. The summed E-state index contributed by atoms with van der Waals surface area (Å²) in [4.78, 5) is 26.8. The molecule has 0 N–H and O–H groups in total. The quantitative estimate of drug-likeness (QED) is 0.195. The highest BCUT2D eigenvalue weighted by Gasteiger charge is 2.26. The summed E-state index contributed by atoms with van der Waals surface area (Å²) < 4.78 is 12.3. The van der Waals surface area contributed by atoms with E-state index in [-0.39, 0.29) is 27.9 Å². The topological polar surface area (TPSA) is 91.0 Å². The highest BCUT2D eigenvalue weighted by Crippen LogP contribution is 2.36. The SMILES string of the molecule is CCCOc1c(Br)cc(/C=C2\N=C(c3ccc(Cl)c([N+](=O)[O-])c3)OC2=O)cc1Br. The van der Waals surface area contributed by atoms with Crippen molar-refractivity contribution in [2.24, 2.45) is 4.99 Å². The maximum absolute atomic E-state index is 12.2. The summed E-state index contributed by atoms with van der Waals surface area (Å²) in [7, 11) is 0. The second kappa shape index (κ2) is 9.06. The molecule has 3 rings (SSSR count). The second-order valence-corrected chi connectivity index (χ2v) is 8.04. The number of cyclic esters (lactones) is 1. The number of nitro groups is 1. The molecule has 29 heavy (non-hydrogen) atoms. The molecule has 0 bridgehead atoms. The van der Waals surface area contributed by atoms with E-state index in [1.807, 2.05) is 6.92 Å². The van der Waals surface area contributed by atoms with Gasteiger partial charge >= 0.3 is 5.97 Å². The molecule has 1 heterocycles. The van der Waals surface area contributed by atoms with E-state index in [9.17, 15) is 14.9 Å². The molecule has 0 radical (unpaired) electrons. The first kappa shape index (κ1) is 21.5. The minimum absolute atomic E-state index is 0.0143. The Morgan fingerprint density at radius 1 is 1.28 bits per heavy atom. The average Bonchev–Trinajstić information content (AvgIpc) is 3.01. The summed E-state index contributed by atoms with van der Waals surface area (Å²) in [5.74, 6) is -0.0149. The van der Waals surface area contributed by atoms with Gasteiger partial charge in [0.05, 0.1) is 20.5 Å². The number of nitrogens with zero attached hydrogens (tertiary/aromatic N) is 2. The van der Waals surface area contributed by atoms with Gasteiger partial charge in [0, 0.05) is 11.6 Å². The lowest BCUT2D eigenvalue weighted by molar-refractivity contribution is -0.384. The molecule has 0 aliphatic carbocycles. The summed E-state index contributed by atoms with van der Waals surface area (Å²) in [6, 6.07) is 7.64. The van der Waals surface area contributed by atoms with Crippen molar-refractivity contribution in [1.82, 2.24) is 0 Å². The molecule has 0 saturated heterocycles. The fraction of sp³-hybridized carbons (Fsp3) is 0.158. The first-order valence-corrected chi connectivity index (χ1v) is 10.3. The van der Waals surface area contributed by atoms with Gasteiger partial charge in [-0.25, -0.2) is 9.79 Å². The molecule has 0 aromatic heterocycles. The molecule has 7 nitrogen and oxygen atoms in total. The van der Waals surface area contributed by atoms with Crippen LogP contribution in [0.15, 0.2) is 50.0 Å². The van der Waals surface area contributed by atoms with Gasteiger partial charge in [-0.1, -0.05) is 18.5 Å². The maximum atomic E-state index is 12.2. The first-order valence-electron chi connectivity index (χ1n) is 8.39. The number of esters is 1. The number of rotatable bonds is 6. The largest absolute Gasteiger partial charge is 0.491 e. The average molecular weight is 545 g/mol. The van der Waals surface area contributed by atoms with E-state index >= 15 is 0 Å². The Hall–Kier alpha value is -2.23. The van der Waals surface area contributed by atoms with Crippen LogP contribution in [0.1, 0.15) is 24.5 Å². The number of benzene rings is 2. The van der Waals surface area contributed by atoms with E-state index in [1.54, 1.807) is 18.2 Å². The van der Waals surface area contributed by atoms with Gasteiger partial charge in [-0.2, -0.15) is 0 Å². The van der Waals surface area contributed by atoms with Crippen LogP contribution in [0.3, 0.4) is 0 Å². The molecule has 0 atom stereocenters. The number of nitro benzene ring substituents is 1. The summed E-state index contributed by atoms with van der Waals surface area (Å²) in [5.41, 5.74) is 0.740. The number of hydrogen-bond donors (Lipinski definition) is 0. The first-order chi connectivity index (χ1) is 13.8. The summed E-state index contributed by atoms with van der Waals surface area (Å²) in [5, 5.41) is 11.0. The van der Waals surface area contributed by atoms with Crippen LogP contribution in [0, 0.1) is 10.1 Å². The number of ether oxygens (including phenoxy) is 2. The third-order valence-electron chi connectivity index (χ3n) is 3.78. The highest BCUT2D eigenvalue weighted by molar-refractivity contribution is 9.11. The van der Waals surface area contributed by atoms with Crippen molar-refractivity contribution in [1.29, 1.82) is 0 Å². The lowest BCUT2D eigenvalue weighted by Crippen LogP contribution is -2.06. The number of carbonyl (C=O) groups is 1. The molecule has 2 aromatic carbocycles. The Morgan fingerprint density at radius 2 is 1.97 bits per heavy atom. The normalized spacial score (nSPS) is 14.7. The third kappa shape index (κ3) is 4.85. The predicted octanol–water partition coefficient (Wildman–Crippen LogP) is 5.91. The third-order valence-corrected chi connectivity index (χ3v) is 5.28. The van der Waals surface area contributed by atoms with Crippen molar-refractivity contribution in [3.05, 3.63) is 71.2 Å². The van der Waals surface area contributed by atoms with Crippen LogP contribution < -0.4 is 4.74 Å². The standard InChI is InChI=1S/C19H13Br2ClN2O5/c1-2-5-28-17-12(20)6-10(7-13(17)21)8-15-19(25)29-18(23-15)11-3-4-14(22)16(9-11)24(26)27/h3-4,6-9H,2,5H2,1H3/b15-8-. The van der Waals surface area contributed by atoms with Gasteiger partial charge in [-0.05, 0) is 74.2 Å². The van der Waals surface area contributed by atoms with E-state index in [0.717, 1.165) is 15.4 Å². The monoisotopic (exact) mass is 542 g/mol. The van der Waals surface area contributed by atoms with Crippen molar-refractivity contribution in [2.75, 3.05) is 6.61 Å². The van der Waals surface area contributed by atoms with Gasteiger partial charge in [-0.3, -0.25) is 10.1 Å². The van der Waals surface area contributed by atoms with Gasteiger partial charge < -0.3 is 9.47 Å². The lowest BCUT2D eigenvalue weighted by Gasteiger charge is -2.10. The Kier molecular flexibility index (Phi) is 6.71. The summed E-state index contributed by atoms with van der Waals surface area (Å²) in [6.07, 6.45) is 2.43. The van der Waals surface area contributed by atoms with Crippen molar-refractivity contribution < 1.29 is 19.2 Å². The summed E-state index contributed by atoms with van der Waals surface area (Å²) >= 11 is 12.7. The zero-order valence-corrected chi connectivity index (χ0v) is 18.9. The lowest BCUT2D eigenvalue weighted by atomic mass is 10.2. The molecule has 0 saturated carbocycles. The minimum Gasteiger partial charge on any atom is -0.491 e. The van der Waals surface area contributed by atoms with Crippen LogP contribution in [-0.4, -0.2) is 23.4 Å². The van der Waals surface area contributed by atoms with Gasteiger partial charge in [0.25, 0.3) is 5.69 Å². The van der Waals surface area contributed by atoms with E-state index in [1.165, 1.54) is 18.2 Å². The van der Waals surface area contributed by atoms with E-state index in [2.05, 4.69) is 36.9 Å². The van der Waals surface area contributed by atoms with Crippen LogP contribution in [-0.2, 0) is 9.53 Å². The van der Waals surface area contributed by atoms with Gasteiger partial charge in [0.1, 0.15) is 10.8 Å². The highest BCUT2D eigenvalue weighted by atomic mass is 79.9. The van der Waals surface area contributed by atoms with Crippen LogP contribution in [0.4, 0.5) is 5.69 Å². The zero-order valence-electron chi connectivity index (χ0n) is 14.9. The maximum Gasteiger partial charge on any atom is 0.363 e. The van der Waals surface area contributed by atoms with E-state index in [0.29, 0.717) is 17.9 Å². The molecule has 10 heteroatoms. The molecule has 0 unspecified atom stereocenters. The molecule has 1 aliphatic rings. The van der Waals surface area contributed by atoms with E-state index in [4.69, 9.17) is 21.1 Å². The second-order valence-electron chi connectivity index (χ2n) is 5.92. The van der Waals surface area contributed by atoms with Crippen molar-refractivity contribution in [3.8, 4) is 5.75 Å². The van der Waals surface area contributed by atoms with Crippen LogP contribution in [0.2, 0.25) is 5.02 Å². The predicted molar refractivity (Wildman–Crippen MR) is 116 cm³/mol. The van der Waals surface area contributed by atoms with Gasteiger partial charge in [0.2, 0.25) is 5.90 Å². The molecule has 2 aromatic rings. The number of carbonyl (C=O) groups excluding carboxylic acids is 1. The van der Waals surface area contributed by atoms with Crippen LogP contribution >= 0.6 is 43.5 Å².